The second kappa shape index (κ2) is 5.41. The molecular formula is C16H16FN5O2. The number of hydrogen-bond donors (Lipinski definition) is 2. The number of benzene rings is 1. The first-order valence-corrected chi connectivity index (χ1v) is 7.71. The van der Waals surface area contributed by atoms with Crippen LogP contribution in [0.5, 0.6) is 0 Å². The molecule has 2 aromatic rings. The standard InChI is InChI=1S/C16H16FN5O2/c17-11-1-3-12(4-2-11)22-13(5-7-18-22)9-21-8-6-16(10-21)14(23)19-15(24)20-16/h1-5,7H,6,8-10H2,(H2,19,20,23,24). The van der Waals surface area contributed by atoms with Gasteiger partial charge in [-0.3, -0.25) is 15.0 Å². The van der Waals surface area contributed by atoms with Gasteiger partial charge >= 0.3 is 6.03 Å². The van der Waals surface area contributed by atoms with Gasteiger partial charge in [0.25, 0.3) is 5.91 Å². The van der Waals surface area contributed by atoms with Gasteiger partial charge in [0.15, 0.2) is 0 Å². The molecule has 1 spiro atoms. The number of nitrogens with zero attached hydrogens (tertiary/aromatic N) is 3. The minimum absolute atomic E-state index is 0.262. The number of urea groups is 1. The van der Waals surface area contributed by atoms with E-state index in [4.69, 9.17) is 0 Å². The number of aromatic nitrogens is 2. The molecule has 3 heterocycles. The number of amides is 3. The van der Waals surface area contributed by atoms with Crippen LogP contribution in [-0.4, -0.2) is 45.2 Å². The Morgan fingerprint density at radius 2 is 2.00 bits per heavy atom. The molecule has 2 fully saturated rings. The van der Waals surface area contributed by atoms with E-state index in [1.54, 1.807) is 23.0 Å². The van der Waals surface area contributed by atoms with E-state index in [1.165, 1.54) is 12.1 Å². The molecule has 8 heteroatoms. The zero-order chi connectivity index (χ0) is 16.7. The van der Waals surface area contributed by atoms with Gasteiger partial charge in [-0.15, -0.1) is 0 Å². The van der Waals surface area contributed by atoms with Crippen molar-refractivity contribution in [1.82, 2.24) is 25.3 Å². The molecule has 2 aliphatic heterocycles. The van der Waals surface area contributed by atoms with E-state index in [9.17, 15) is 14.0 Å². The molecule has 1 atom stereocenters. The summed E-state index contributed by atoms with van der Waals surface area (Å²) in [6.07, 6.45) is 2.27. The Balaban J connectivity index is 1.51. The van der Waals surface area contributed by atoms with Gasteiger partial charge in [-0.05, 0) is 36.8 Å². The Morgan fingerprint density at radius 3 is 2.71 bits per heavy atom. The third kappa shape index (κ3) is 2.44. The molecule has 1 aromatic carbocycles. The van der Waals surface area contributed by atoms with Gasteiger partial charge < -0.3 is 5.32 Å². The van der Waals surface area contributed by atoms with E-state index < -0.39 is 11.6 Å². The highest BCUT2D eigenvalue weighted by molar-refractivity contribution is 6.07. The average Bonchev–Trinajstić information content (AvgIpc) is 3.23. The number of likely N-dealkylation sites (tertiary alicyclic amines) is 1. The molecule has 1 aromatic heterocycles. The third-order valence-electron chi connectivity index (χ3n) is 4.54. The predicted molar refractivity (Wildman–Crippen MR) is 82.8 cm³/mol. The first-order valence-electron chi connectivity index (χ1n) is 7.71. The lowest BCUT2D eigenvalue weighted by Crippen LogP contribution is -2.48. The van der Waals surface area contributed by atoms with Gasteiger partial charge in [-0.2, -0.15) is 5.10 Å². The van der Waals surface area contributed by atoms with Crippen molar-refractivity contribution in [3.63, 3.8) is 0 Å². The molecule has 0 saturated carbocycles. The van der Waals surface area contributed by atoms with Gasteiger partial charge in [0.05, 0.1) is 11.4 Å². The number of rotatable bonds is 3. The van der Waals surface area contributed by atoms with Crippen molar-refractivity contribution in [2.24, 2.45) is 0 Å². The number of nitrogens with one attached hydrogen (secondary N) is 2. The van der Waals surface area contributed by atoms with Crippen molar-refractivity contribution < 1.29 is 14.0 Å². The van der Waals surface area contributed by atoms with Crippen molar-refractivity contribution in [3.05, 3.63) is 48.0 Å². The Kier molecular flexibility index (Phi) is 3.34. The summed E-state index contributed by atoms with van der Waals surface area (Å²) >= 11 is 0. The SMILES string of the molecule is O=C1NC(=O)C2(CCN(Cc3ccnn3-c3ccc(F)cc3)C2)N1. The van der Waals surface area contributed by atoms with Gasteiger partial charge in [-0.1, -0.05) is 0 Å². The molecule has 0 aliphatic carbocycles. The fourth-order valence-electron chi connectivity index (χ4n) is 3.33. The molecule has 3 amide bonds. The number of carbonyl (C=O) groups excluding carboxylic acids is 2. The summed E-state index contributed by atoms with van der Waals surface area (Å²) < 4.78 is 14.8. The van der Waals surface area contributed by atoms with Crippen LogP contribution in [0.15, 0.2) is 36.5 Å². The van der Waals surface area contributed by atoms with E-state index in [-0.39, 0.29) is 11.7 Å². The zero-order valence-corrected chi connectivity index (χ0v) is 12.8. The Hall–Kier alpha value is -2.74. The Morgan fingerprint density at radius 1 is 1.21 bits per heavy atom. The van der Waals surface area contributed by atoms with Crippen LogP contribution >= 0.6 is 0 Å². The molecular weight excluding hydrogens is 313 g/mol. The predicted octanol–water partition coefficient (Wildman–Crippen LogP) is 0.795. The monoisotopic (exact) mass is 329 g/mol. The minimum atomic E-state index is -0.822. The van der Waals surface area contributed by atoms with Crippen LogP contribution in [-0.2, 0) is 11.3 Å². The summed E-state index contributed by atoms with van der Waals surface area (Å²) in [7, 11) is 0. The second-order valence-electron chi connectivity index (χ2n) is 6.16. The number of hydrogen-bond acceptors (Lipinski definition) is 4. The van der Waals surface area contributed by atoms with Gasteiger partial charge in [-0.25, -0.2) is 13.9 Å². The quantitative estimate of drug-likeness (QED) is 0.816. The van der Waals surface area contributed by atoms with Crippen LogP contribution in [0, 0.1) is 5.82 Å². The maximum absolute atomic E-state index is 13.1. The maximum Gasteiger partial charge on any atom is 0.322 e. The first-order chi connectivity index (χ1) is 11.6. The van der Waals surface area contributed by atoms with E-state index in [0.717, 1.165) is 11.4 Å². The Bertz CT molecular complexity index is 803. The fourth-order valence-corrected chi connectivity index (χ4v) is 3.33. The van der Waals surface area contributed by atoms with Crippen LogP contribution in [0.2, 0.25) is 0 Å². The number of halogens is 1. The van der Waals surface area contributed by atoms with E-state index in [1.807, 2.05) is 6.07 Å². The van der Waals surface area contributed by atoms with E-state index in [2.05, 4.69) is 20.6 Å². The van der Waals surface area contributed by atoms with Crippen LogP contribution in [0.25, 0.3) is 5.69 Å². The molecule has 2 saturated heterocycles. The highest BCUT2D eigenvalue weighted by Gasteiger charge is 2.50. The first kappa shape index (κ1) is 14.8. The summed E-state index contributed by atoms with van der Waals surface area (Å²) in [5, 5.41) is 9.33. The van der Waals surface area contributed by atoms with Crippen molar-refractivity contribution in [3.8, 4) is 5.69 Å². The highest BCUT2D eigenvalue weighted by Crippen LogP contribution is 2.26. The maximum atomic E-state index is 13.1. The van der Waals surface area contributed by atoms with Crippen molar-refractivity contribution in [1.29, 1.82) is 0 Å². The smallest absolute Gasteiger partial charge is 0.322 e. The topological polar surface area (TPSA) is 79.3 Å². The normalized spacial score (nSPS) is 23.7. The molecule has 124 valence electrons. The summed E-state index contributed by atoms with van der Waals surface area (Å²) in [5.74, 6) is -0.557. The van der Waals surface area contributed by atoms with E-state index >= 15 is 0 Å². The van der Waals surface area contributed by atoms with Gasteiger partial charge in [0.1, 0.15) is 11.4 Å². The van der Waals surface area contributed by atoms with Crippen LogP contribution < -0.4 is 10.6 Å². The summed E-state index contributed by atoms with van der Waals surface area (Å²) in [6.45, 7) is 1.74. The van der Waals surface area contributed by atoms with Gasteiger partial charge in [0.2, 0.25) is 0 Å². The molecule has 2 N–H and O–H groups in total. The number of imide groups is 1. The van der Waals surface area contributed by atoms with Crippen molar-refractivity contribution in [2.75, 3.05) is 13.1 Å². The van der Waals surface area contributed by atoms with Crippen molar-refractivity contribution >= 4 is 11.9 Å². The molecule has 0 radical (unpaired) electrons. The lowest BCUT2D eigenvalue weighted by atomic mass is 10.00. The number of carbonyl (C=O) groups is 2. The van der Waals surface area contributed by atoms with Crippen LogP contribution in [0.3, 0.4) is 0 Å². The molecule has 1 unspecified atom stereocenters. The Labute approximate surface area is 137 Å². The highest BCUT2D eigenvalue weighted by atomic mass is 19.1. The summed E-state index contributed by atoms with van der Waals surface area (Å²) in [4.78, 5) is 25.5. The third-order valence-corrected chi connectivity index (χ3v) is 4.54. The molecule has 4 rings (SSSR count). The van der Waals surface area contributed by atoms with Gasteiger partial charge in [0, 0.05) is 25.8 Å². The lowest BCUT2D eigenvalue weighted by molar-refractivity contribution is -0.123. The summed E-state index contributed by atoms with van der Waals surface area (Å²) in [5.41, 5.74) is 0.887. The minimum Gasteiger partial charge on any atom is -0.322 e. The lowest BCUT2D eigenvalue weighted by Gasteiger charge is -2.21. The largest absolute Gasteiger partial charge is 0.322 e. The fraction of sp³-hybridized carbons (Fsp3) is 0.312. The molecule has 7 nitrogen and oxygen atoms in total. The second-order valence-corrected chi connectivity index (χ2v) is 6.16. The van der Waals surface area contributed by atoms with Crippen LogP contribution in [0.1, 0.15) is 12.1 Å². The van der Waals surface area contributed by atoms with Crippen molar-refractivity contribution in [2.45, 2.75) is 18.5 Å². The van der Waals surface area contributed by atoms with E-state index in [0.29, 0.717) is 26.1 Å². The summed E-state index contributed by atoms with van der Waals surface area (Å²) in [6, 6.07) is 7.58. The average molecular weight is 329 g/mol. The zero-order valence-electron chi connectivity index (χ0n) is 12.8. The molecule has 2 aliphatic rings. The van der Waals surface area contributed by atoms with Crippen LogP contribution in [0.4, 0.5) is 9.18 Å². The molecule has 0 bridgehead atoms. The molecule has 24 heavy (non-hydrogen) atoms.